The Hall–Kier alpha value is -2.37. The third kappa shape index (κ3) is 4.87. The molecule has 2 amide bonds. The molecule has 0 aromatic heterocycles. The van der Waals surface area contributed by atoms with Crippen LogP contribution in [0.1, 0.15) is 61.7 Å². The zero-order valence-corrected chi connectivity index (χ0v) is 15.8. The molecule has 0 saturated heterocycles. The summed E-state index contributed by atoms with van der Waals surface area (Å²) in [5, 5.41) is 6.04. The van der Waals surface area contributed by atoms with Crippen molar-refractivity contribution in [2.24, 2.45) is 11.8 Å². The topological polar surface area (TPSA) is 84.5 Å². The second-order valence-corrected chi connectivity index (χ2v) is 7.56. The highest BCUT2D eigenvalue weighted by molar-refractivity contribution is 6.01. The van der Waals surface area contributed by atoms with Crippen molar-refractivity contribution in [2.45, 2.75) is 57.4 Å². The molecule has 146 valence electrons. The highest BCUT2D eigenvalue weighted by Gasteiger charge is 2.30. The Morgan fingerprint density at radius 1 is 0.889 bits per heavy atom. The molecule has 6 heteroatoms. The van der Waals surface area contributed by atoms with Gasteiger partial charge in [-0.15, -0.1) is 0 Å². The highest BCUT2D eigenvalue weighted by Crippen LogP contribution is 2.29. The second-order valence-electron chi connectivity index (χ2n) is 7.56. The molecule has 2 N–H and O–H groups in total. The Kier molecular flexibility index (Phi) is 6.48. The first kappa shape index (κ1) is 19.4. The number of rotatable bonds is 5. The van der Waals surface area contributed by atoms with Gasteiger partial charge >= 0.3 is 5.97 Å². The molecule has 0 spiro atoms. The summed E-state index contributed by atoms with van der Waals surface area (Å²) in [7, 11) is 1.32. The third-order valence-electron chi connectivity index (χ3n) is 5.76. The number of hydrogen-bond donors (Lipinski definition) is 2. The van der Waals surface area contributed by atoms with Gasteiger partial charge in [0.2, 0.25) is 11.8 Å². The van der Waals surface area contributed by atoms with Crippen molar-refractivity contribution in [3.63, 3.8) is 0 Å². The van der Waals surface area contributed by atoms with Crippen molar-refractivity contribution in [3.8, 4) is 0 Å². The van der Waals surface area contributed by atoms with Gasteiger partial charge in [0.25, 0.3) is 0 Å². The van der Waals surface area contributed by atoms with Crippen LogP contribution in [0.4, 0.5) is 5.69 Å². The number of ether oxygens (including phenoxy) is 1. The van der Waals surface area contributed by atoms with Crippen molar-refractivity contribution < 1.29 is 19.1 Å². The summed E-state index contributed by atoms with van der Waals surface area (Å²) in [5.74, 6) is -0.278. The molecule has 0 heterocycles. The van der Waals surface area contributed by atoms with E-state index in [2.05, 4.69) is 10.6 Å². The monoisotopic (exact) mass is 372 g/mol. The van der Waals surface area contributed by atoms with Crippen LogP contribution in [0.25, 0.3) is 0 Å². The van der Waals surface area contributed by atoms with Gasteiger partial charge in [0.15, 0.2) is 0 Å². The lowest BCUT2D eigenvalue weighted by molar-refractivity contribution is -0.125. The summed E-state index contributed by atoms with van der Waals surface area (Å²) in [6.07, 6.45) is 7.41. The summed E-state index contributed by atoms with van der Waals surface area (Å²) in [6, 6.07) is 7.02. The number of carbonyl (C=O) groups excluding carboxylic acids is 3. The first-order valence-corrected chi connectivity index (χ1v) is 9.87. The van der Waals surface area contributed by atoms with Gasteiger partial charge in [0.1, 0.15) is 0 Å². The summed E-state index contributed by atoms with van der Waals surface area (Å²) in [5.41, 5.74) is 0.830. The number of para-hydroxylation sites is 1. The minimum atomic E-state index is -0.468. The van der Waals surface area contributed by atoms with Crippen LogP contribution < -0.4 is 10.6 Å². The normalized spacial score (nSPS) is 22.9. The fraction of sp³-hybridized carbons (Fsp3) is 0.571. The van der Waals surface area contributed by atoms with Gasteiger partial charge in [0, 0.05) is 17.9 Å². The minimum Gasteiger partial charge on any atom is -0.465 e. The van der Waals surface area contributed by atoms with E-state index in [1.54, 1.807) is 24.3 Å². The van der Waals surface area contributed by atoms with E-state index >= 15 is 0 Å². The highest BCUT2D eigenvalue weighted by atomic mass is 16.5. The Balaban J connectivity index is 1.50. The first-order valence-electron chi connectivity index (χ1n) is 9.87. The van der Waals surface area contributed by atoms with Gasteiger partial charge in [-0.25, -0.2) is 4.79 Å². The Bertz CT molecular complexity index is 689. The predicted octanol–water partition coefficient (Wildman–Crippen LogP) is 3.28. The molecule has 6 nitrogen and oxygen atoms in total. The summed E-state index contributed by atoms with van der Waals surface area (Å²) >= 11 is 0. The average Bonchev–Trinajstić information content (AvgIpc) is 3.23. The maximum Gasteiger partial charge on any atom is 0.339 e. The van der Waals surface area contributed by atoms with Crippen LogP contribution >= 0.6 is 0 Å². The van der Waals surface area contributed by atoms with E-state index in [1.165, 1.54) is 7.11 Å². The van der Waals surface area contributed by atoms with Gasteiger partial charge < -0.3 is 15.4 Å². The number of nitrogens with one attached hydrogen (secondary N) is 2. The molecule has 0 radical (unpaired) electrons. The van der Waals surface area contributed by atoms with Gasteiger partial charge in [-0.2, -0.15) is 0 Å². The van der Waals surface area contributed by atoms with E-state index in [0.29, 0.717) is 11.3 Å². The smallest absolute Gasteiger partial charge is 0.339 e. The molecule has 2 saturated carbocycles. The van der Waals surface area contributed by atoms with E-state index in [4.69, 9.17) is 4.74 Å². The molecule has 1 aromatic carbocycles. The van der Waals surface area contributed by atoms with E-state index in [-0.39, 0.29) is 29.7 Å². The van der Waals surface area contributed by atoms with Crippen LogP contribution in [-0.4, -0.2) is 30.9 Å². The van der Waals surface area contributed by atoms with Crippen molar-refractivity contribution in [1.29, 1.82) is 0 Å². The summed E-state index contributed by atoms with van der Waals surface area (Å²) < 4.78 is 4.77. The first-order chi connectivity index (χ1) is 13.1. The zero-order valence-electron chi connectivity index (χ0n) is 15.8. The zero-order chi connectivity index (χ0) is 19.2. The third-order valence-corrected chi connectivity index (χ3v) is 5.76. The molecule has 0 unspecified atom stereocenters. The minimum absolute atomic E-state index is 0.0769. The van der Waals surface area contributed by atoms with Crippen LogP contribution in [0.15, 0.2) is 24.3 Å². The van der Waals surface area contributed by atoms with Crippen molar-refractivity contribution in [2.75, 3.05) is 12.4 Å². The van der Waals surface area contributed by atoms with Crippen LogP contribution in [0, 0.1) is 11.8 Å². The van der Waals surface area contributed by atoms with E-state index < -0.39 is 5.97 Å². The van der Waals surface area contributed by atoms with Gasteiger partial charge in [0.05, 0.1) is 18.4 Å². The second kappa shape index (κ2) is 9.02. The van der Waals surface area contributed by atoms with Crippen molar-refractivity contribution in [1.82, 2.24) is 5.32 Å². The average molecular weight is 372 g/mol. The molecule has 2 fully saturated rings. The van der Waals surface area contributed by atoms with Crippen molar-refractivity contribution in [3.05, 3.63) is 29.8 Å². The number of carbonyl (C=O) groups is 3. The van der Waals surface area contributed by atoms with Gasteiger partial charge in [-0.05, 0) is 50.7 Å². The van der Waals surface area contributed by atoms with E-state index in [0.717, 1.165) is 51.4 Å². The maximum atomic E-state index is 12.6. The summed E-state index contributed by atoms with van der Waals surface area (Å²) in [6.45, 7) is 0. The number of hydrogen-bond acceptors (Lipinski definition) is 4. The van der Waals surface area contributed by atoms with Crippen molar-refractivity contribution >= 4 is 23.5 Å². The largest absolute Gasteiger partial charge is 0.465 e. The van der Waals surface area contributed by atoms with E-state index in [9.17, 15) is 14.4 Å². The SMILES string of the molecule is COC(=O)c1ccccc1NC(=O)C1CCC(NC(=O)C2CCCC2)CC1. The number of esters is 1. The fourth-order valence-corrected chi connectivity index (χ4v) is 4.12. The van der Waals surface area contributed by atoms with E-state index in [1.807, 2.05) is 0 Å². The Morgan fingerprint density at radius 2 is 1.52 bits per heavy atom. The van der Waals surface area contributed by atoms with Crippen LogP contribution in [0.3, 0.4) is 0 Å². The molecule has 0 bridgehead atoms. The van der Waals surface area contributed by atoms with Gasteiger partial charge in [-0.1, -0.05) is 25.0 Å². The molecule has 0 atom stereocenters. The lowest BCUT2D eigenvalue weighted by atomic mass is 9.85. The quantitative estimate of drug-likeness (QED) is 0.777. The molecule has 1 aromatic rings. The lowest BCUT2D eigenvalue weighted by Gasteiger charge is -2.29. The standard InChI is InChI=1S/C21H28N2O4/c1-27-21(26)17-8-4-5-9-18(17)23-20(25)15-10-12-16(13-11-15)22-19(24)14-6-2-3-7-14/h4-5,8-9,14-16H,2-3,6-7,10-13H2,1H3,(H,22,24)(H,23,25). The predicted molar refractivity (Wildman–Crippen MR) is 102 cm³/mol. The molecule has 27 heavy (non-hydrogen) atoms. The number of anilines is 1. The summed E-state index contributed by atoms with van der Waals surface area (Å²) in [4.78, 5) is 36.7. The Morgan fingerprint density at radius 3 is 2.19 bits per heavy atom. The molecule has 2 aliphatic carbocycles. The molecular formula is C21H28N2O4. The van der Waals surface area contributed by atoms with Gasteiger partial charge in [-0.3, -0.25) is 9.59 Å². The lowest BCUT2D eigenvalue weighted by Crippen LogP contribution is -2.41. The molecule has 3 rings (SSSR count). The van der Waals surface area contributed by atoms with Crippen LogP contribution in [0.2, 0.25) is 0 Å². The Labute approximate surface area is 160 Å². The molecule has 2 aliphatic rings. The maximum absolute atomic E-state index is 12.6. The fourth-order valence-electron chi connectivity index (χ4n) is 4.12. The number of benzene rings is 1. The molecule has 0 aliphatic heterocycles. The van der Waals surface area contributed by atoms with Crippen LogP contribution in [-0.2, 0) is 14.3 Å². The van der Waals surface area contributed by atoms with Crippen LogP contribution in [0.5, 0.6) is 0 Å². The number of amides is 2. The molecular weight excluding hydrogens is 344 g/mol. The number of methoxy groups -OCH3 is 1.